The molecule has 0 aliphatic carbocycles. The Labute approximate surface area is 126 Å². The number of methoxy groups -OCH3 is 1. The Morgan fingerprint density at radius 1 is 1.24 bits per heavy atom. The van der Waals surface area contributed by atoms with Gasteiger partial charge in [-0.1, -0.05) is 17.7 Å². The van der Waals surface area contributed by atoms with Crippen molar-refractivity contribution in [3.8, 4) is 11.5 Å². The Kier molecular flexibility index (Phi) is 3.31. The lowest BCUT2D eigenvalue weighted by atomic mass is 10.0. The molecule has 1 amide bonds. The lowest BCUT2D eigenvalue weighted by Crippen LogP contribution is -2.03. The van der Waals surface area contributed by atoms with Crippen molar-refractivity contribution in [2.75, 3.05) is 12.4 Å². The van der Waals surface area contributed by atoms with Gasteiger partial charge in [0.15, 0.2) is 11.5 Å². The summed E-state index contributed by atoms with van der Waals surface area (Å²) in [5.41, 5.74) is 2.69. The van der Waals surface area contributed by atoms with Gasteiger partial charge in [-0.2, -0.15) is 0 Å². The molecule has 5 heteroatoms. The molecular formula is C16H12ClNO3. The minimum atomic E-state index is -0.192. The molecule has 1 heterocycles. The summed E-state index contributed by atoms with van der Waals surface area (Å²) in [4.78, 5) is 12.0. The fraction of sp³-hybridized carbons (Fsp3) is 0.0625. The third-order valence-corrected chi connectivity index (χ3v) is 3.51. The van der Waals surface area contributed by atoms with Crippen molar-refractivity contribution in [3.63, 3.8) is 0 Å². The van der Waals surface area contributed by atoms with Gasteiger partial charge < -0.3 is 15.2 Å². The highest BCUT2D eigenvalue weighted by Gasteiger charge is 2.24. The number of phenolic OH excluding ortho intramolecular Hbond substituents is 1. The van der Waals surface area contributed by atoms with Crippen LogP contribution in [0.25, 0.3) is 11.6 Å². The Balaban J connectivity index is 2.06. The van der Waals surface area contributed by atoms with Gasteiger partial charge in [0.2, 0.25) is 0 Å². The molecule has 2 aromatic carbocycles. The second kappa shape index (κ2) is 5.14. The molecular weight excluding hydrogens is 290 g/mol. The smallest absolute Gasteiger partial charge is 0.256 e. The molecule has 0 saturated heterocycles. The maximum atomic E-state index is 12.0. The molecule has 4 nitrogen and oxygen atoms in total. The largest absolute Gasteiger partial charge is 0.504 e. The summed E-state index contributed by atoms with van der Waals surface area (Å²) in [5, 5.41) is 13.1. The predicted molar refractivity (Wildman–Crippen MR) is 82.6 cm³/mol. The van der Waals surface area contributed by atoms with E-state index in [1.165, 1.54) is 7.11 Å². The summed E-state index contributed by atoms with van der Waals surface area (Å²) in [6.07, 6.45) is 1.71. The second-order valence-electron chi connectivity index (χ2n) is 4.63. The number of nitrogens with one attached hydrogen (secondary N) is 1. The zero-order valence-corrected chi connectivity index (χ0v) is 11.9. The number of ether oxygens (including phenoxy) is 1. The molecule has 21 heavy (non-hydrogen) atoms. The van der Waals surface area contributed by atoms with Gasteiger partial charge in [-0.15, -0.1) is 0 Å². The van der Waals surface area contributed by atoms with E-state index in [4.69, 9.17) is 16.3 Å². The van der Waals surface area contributed by atoms with E-state index in [1.54, 1.807) is 42.5 Å². The summed E-state index contributed by atoms with van der Waals surface area (Å²) in [6, 6.07) is 10.2. The molecule has 0 fully saturated rings. The molecule has 106 valence electrons. The fourth-order valence-corrected chi connectivity index (χ4v) is 2.44. The number of amides is 1. The highest BCUT2D eigenvalue weighted by molar-refractivity contribution is 6.36. The second-order valence-corrected chi connectivity index (χ2v) is 5.07. The van der Waals surface area contributed by atoms with Crippen molar-refractivity contribution in [1.82, 2.24) is 0 Å². The van der Waals surface area contributed by atoms with Crippen molar-refractivity contribution in [2.24, 2.45) is 0 Å². The first-order chi connectivity index (χ1) is 10.1. The van der Waals surface area contributed by atoms with Crippen LogP contribution in [-0.2, 0) is 4.79 Å². The number of carbonyl (C=O) groups is 1. The van der Waals surface area contributed by atoms with Gasteiger partial charge in [0.1, 0.15) is 0 Å². The van der Waals surface area contributed by atoms with Gasteiger partial charge >= 0.3 is 0 Å². The van der Waals surface area contributed by atoms with Crippen LogP contribution in [-0.4, -0.2) is 18.1 Å². The third-order valence-electron chi connectivity index (χ3n) is 3.28. The van der Waals surface area contributed by atoms with Crippen molar-refractivity contribution in [3.05, 3.63) is 52.5 Å². The number of phenols is 1. The summed E-state index contributed by atoms with van der Waals surface area (Å²) < 4.78 is 5.00. The topological polar surface area (TPSA) is 58.6 Å². The molecule has 0 aromatic heterocycles. The average molecular weight is 302 g/mol. The quantitative estimate of drug-likeness (QED) is 0.834. The third kappa shape index (κ3) is 2.45. The number of carbonyl (C=O) groups excluding carboxylic acids is 1. The van der Waals surface area contributed by atoms with E-state index in [9.17, 15) is 9.90 Å². The molecule has 0 spiro atoms. The van der Waals surface area contributed by atoms with Crippen LogP contribution >= 0.6 is 11.6 Å². The molecule has 1 aliphatic rings. The Morgan fingerprint density at radius 2 is 2.05 bits per heavy atom. The van der Waals surface area contributed by atoms with Crippen LogP contribution in [0.15, 0.2) is 36.4 Å². The zero-order valence-electron chi connectivity index (χ0n) is 11.2. The lowest BCUT2D eigenvalue weighted by Gasteiger charge is -2.04. The van der Waals surface area contributed by atoms with Crippen molar-refractivity contribution in [2.45, 2.75) is 0 Å². The first-order valence-electron chi connectivity index (χ1n) is 6.28. The number of hydrogen-bond acceptors (Lipinski definition) is 3. The van der Waals surface area contributed by atoms with E-state index in [1.807, 2.05) is 0 Å². The van der Waals surface area contributed by atoms with Gasteiger partial charge in [0.05, 0.1) is 7.11 Å². The summed E-state index contributed by atoms with van der Waals surface area (Å²) in [7, 11) is 1.48. The van der Waals surface area contributed by atoms with Gasteiger partial charge in [-0.3, -0.25) is 4.79 Å². The van der Waals surface area contributed by atoms with Crippen LogP contribution < -0.4 is 10.1 Å². The molecule has 1 aliphatic heterocycles. The van der Waals surface area contributed by atoms with E-state index in [-0.39, 0.29) is 11.7 Å². The number of aromatic hydroxyl groups is 1. The van der Waals surface area contributed by atoms with Crippen LogP contribution in [0.2, 0.25) is 5.02 Å². The maximum Gasteiger partial charge on any atom is 0.256 e. The molecule has 3 rings (SSSR count). The van der Waals surface area contributed by atoms with Crippen molar-refractivity contribution < 1.29 is 14.6 Å². The summed E-state index contributed by atoms with van der Waals surface area (Å²) in [5.74, 6) is 0.218. The molecule has 2 N–H and O–H groups in total. The number of hydrogen-bond donors (Lipinski definition) is 2. The van der Waals surface area contributed by atoms with Crippen LogP contribution in [0.1, 0.15) is 11.1 Å². The molecule has 0 radical (unpaired) electrons. The minimum absolute atomic E-state index is 0.0246. The Hall–Kier alpha value is -2.46. The van der Waals surface area contributed by atoms with Crippen molar-refractivity contribution in [1.29, 1.82) is 0 Å². The van der Waals surface area contributed by atoms with Crippen molar-refractivity contribution >= 4 is 34.8 Å². The number of fused-ring (bicyclic) bond motifs is 1. The minimum Gasteiger partial charge on any atom is -0.504 e. The first kappa shape index (κ1) is 13.5. The van der Waals surface area contributed by atoms with Gasteiger partial charge in [-0.05, 0) is 42.0 Å². The molecule has 0 saturated carbocycles. The summed E-state index contributed by atoms with van der Waals surface area (Å²) in [6.45, 7) is 0. The molecule has 0 bridgehead atoms. The van der Waals surface area contributed by atoms with E-state index in [2.05, 4.69) is 5.32 Å². The highest BCUT2D eigenvalue weighted by atomic mass is 35.5. The molecule has 0 atom stereocenters. The number of halogens is 1. The number of benzene rings is 2. The monoisotopic (exact) mass is 301 g/mol. The maximum absolute atomic E-state index is 12.0. The van der Waals surface area contributed by atoms with Crippen LogP contribution in [0, 0.1) is 0 Å². The SMILES string of the molecule is COc1ccc(/C=C2/C(=O)Nc3ccc(Cl)cc32)cc1O. The van der Waals surface area contributed by atoms with E-state index in [0.29, 0.717) is 21.9 Å². The van der Waals surface area contributed by atoms with E-state index >= 15 is 0 Å². The van der Waals surface area contributed by atoms with Crippen LogP contribution in [0.3, 0.4) is 0 Å². The fourth-order valence-electron chi connectivity index (χ4n) is 2.27. The van der Waals surface area contributed by atoms with E-state index < -0.39 is 0 Å². The lowest BCUT2D eigenvalue weighted by molar-refractivity contribution is -0.110. The summed E-state index contributed by atoms with van der Waals surface area (Å²) >= 11 is 5.98. The Bertz CT molecular complexity index is 768. The first-order valence-corrected chi connectivity index (χ1v) is 6.66. The van der Waals surface area contributed by atoms with Crippen LogP contribution in [0.4, 0.5) is 5.69 Å². The zero-order chi connectivity index (χ0) is 15.0. The van der Waals surface area contributed by atoms with E-state index in [0.717, 1.165) is 11.3 Å². The van der Waals surface area contributed by atoms with Gasteiger partial charge in [0.25, 0.3) is 5.91 Å². The highest BCUT2D eigenvalue weighted by Crippen LogP contribution is 2.36. The predicted octanol–water partition coefficient (Wildman–Crippen LogP) is 3.55. The normalized spacial score (nSPS) is 15.0. The standard InChI is InChI=1S/C16H12ClNO3/c1-21-15-5-2-9(7-14(15)19)6-12-11-8-10(17)3-4-13(11)18-16(12)20/h2-8,19H,1H3,(H,18,20)/b12-6+. The number of anilines is 1. The number of rotatable bonds is 2. The average Bonchev–Trinajstić information content (AvgIpc) is 2.75. The Morgan fingerprint density at radius 3 is 2.76 bits per heavy atom. The van der Waals surface area contributed by atoms with Crippen LogP contribution in [0.5, 0.6) is 11.5 Å². The molecule has 0 unspecified atom stereocenters. The molecule has 2 aromatic rings. The van der Waals surface area contributed by atoms with Gasteiger partial charge in [0, 0.05) is 21.8 Å². The van der Waals surface area contributed by atoms with Gasteiger partial charge in [-0.25, -0.2) is 0 Å².